The molecule has 3 heterocycles. The number of benzene rings is 1. The van der Waals surface area contributed by atoms with Gasteiger partial charge < -0.3 is 5.32 Å². The molecule has 7 heteroatoms. The molecule has 0 aliphatic heterocycles. The molecule has 0 radical (unpaired) electrons. The molecular weight excluding hydrogens is 410 g/mol. The average molecular weight is 436 g/mol. The van der Waals surface area contributed by atoms with Gasteiger partial charge in [0.25, 0.3) is 0 Å². The normalized spacial score (nSPS) is 15.2. The van der Waals surface area contributed by atoms with E-state index in [1.54, 1.807) is 29.0 Å². The van der Waals surface area contributed by atoms with Crippen molar-refractivity contribution >= 4 is 43.8 Å². The lowest BCUT2D eigenvalue weighted by Crippen LogP contribution is -2.03. The van der Waals surface area contributed by atoms with Crippen molar-refractivity contribution in [2.24, 2.45) is 0 Å². The van der Waals surface area contributed by atoms with Gasteiger partial charge in [0.05, 0.1) is 5.39 Å². The first-order chi connectivity index (χ1) is 14.7. The van der Waals surface area contributed by atoms with Crippen LogP contribution in [0.4, 0.5) is 10.9 Å². The van der Waals surface area contributed by atoms with Crippen LogP contribution >= 0.6 is 22.7 Å². The van der Waals surface area contributed by atoms with E-state index in [9.17, 15) is 0 Å². The second kappa shape index (κ2) is 8.40. The first-order valence-corrected chi connectivity index (χ1v) is 12.3. The van der Waals surface area contributed by atoms with Gasteiger partial charge in [-0.2, -0.15) is 0 Å². The van der Waals surface area contributed by atoms with Gasteiger partial charge in [-0.25, -0.2) is 9.97 Å². The summed E-state index contributed by atoms with van der Waals surface area (Å²) in [5, 5.41) is 17.5. The fourth-order valence-electron chi connectivity index (χ4n) is 4.13. The molecule has 1 aromatic carbocycles. The highest BCUT2D eigenvalue weighted by Gasteiger charge is 2.20. The van der Waals surface area contributed by atoms with Crippen LogP contribution in [0.1, 0.15) is 68.4 Å². The summed E-state index contributed by atoms with van der Waals surface area (Å²) in [6.07, 6.45) is 8.02. The number of anilines is 2. The summed E-state index contributed by atoms with van der Waals surface area (Å²) in [5.41, 5.74) is 3.69. The van der Waals surface area contributed by atoms with Crippen LogP contribution < -0.4 is 5.32 Å². The van der Waals surface area contributed by atoms with Gasteiger partial charge in [-0.15, -0.1) is 21.5 Å². The van der Waals surface area contributed by atoms with Crippen LogP contribution in [-0.4, -0.2) is 20.2 Å². The summed E-state index contributed by atoms with van der Waals surface area (Å²) in [7, 11) is 0. The molecule has 5 nitrogen and oxygen atoms in total. The molecule has 30 heavy (non-hydrogen) atoms. The average Bonchev–Trinajstić information content (AvgIpc) is 3.42. The summed E-state index contributed by atoms with van der Waals surface area (Å²) in [6, 6.07) is 8.81. The first-order valence-electron chi connectivity index (χ1n) is 10.6. The minimum atomic E-state index is 0.523. The van der Waals surface area contributed by atoms with Crippen LogP contribution in [0.15, 0.2) is 36.0 Å². The zero-order valence-electron chi connectivity index (χ0n) is 17.3. The number of hydrogen-bond donors (Lipinski definition) is 1. The Morgan fingerprint density at radius 3 is 2.57 bits per heavy atom. The zero-order valence-corrected chi connectivity index (χ0v) is 18.9. The number of nitrogens with zero attached hydrogens (tertiary/aromatic N) is 4. The van der Waals surface area contributed by atoms with E-state index >= 15 is 0 Å². The Morgan fingerprint density at radius 2 is 1.80 bits per heavy atom. The third kappa shape index (κ3) is 3.84. The lowest BCUT2D eigenvalue weighted by molar-refractivity contribution is 0.440. The minimum Gasteiger partial charge on any atom is -0.314 e. The monoisotopic (exact) mass is 435 g/mol. The van der Waals surface area contributed by atoms with Crippen LogP contribution in [0.25, 0.3) is 21.3 Å². The fourth-order valence-corrected chi connectivity index (χ4v) is 5.96. The van der Waals surface area contributed by atoms with E-state index in [0.717, 1.165) is 31.7 Å². The molecule has 1 aliphatic rings. The Kier molecular flexibility index (Phi) is 5.48. The van der Waals surface area contributed by atoms with Gasteiger partial charge in [0.1, 0.15) is 22.0 Å². The predicted molar refractivity (Wildman–Crippen MR) is 126 cm³/mol. The topological polar surface area (TPSA) is 63.6 Å². The lowest BCUT2D eigenvalue weighted by atomic mass is 9.90. The third-order valence-electron chi connectivity index (χ3n) is 5.88. The third-order valence-corrected chi connectivity index (χ3v) is 7.77. The molecule has 0 spiro atoms. The van der Waals surface area contributed by atoms with Crippen molar-refractivity contribution in [1.82, 2.24) is 20.2 Å². The van der Waals surface area contributed by atoms with E-state index in [1.165, 1.54) is 43.2 Å². The molecule has 1 saturated carbocycles. The molecule has 4 aromatic rings. The van der Waals surface area contributed by atoms with E-state index in [2.05, 4.69) is 69.0 Å². The molecule has 0 unspecified atom stereocenters. The number of thiophene rings is 1. The smallest absolute Gasteiger partial charge is 0.211 e. The van der Waals surface area contributed by atoms with Crippen LogP contribution in [0.2, 0.25) is 0 Å². The summed E-state index contributed by atoms with van der Waals surface area (Å²) in [5.74, 6) is 1.89. The van der Waals surface area contributed by atoms with Crippen molar-refractivity contribution in [3.8, 4) is 11.1 Å². The number of nitrogens with one attached hydrogen (secondary N) is 1. The van der Waals surface area contributed by atoms with Crippen LogP contribution in [-0.2, 0) is 0 Å². The summed E-state index contributed by atoms with van der Waals surface area (Å²) in [4.78, 5) is 10.0. The molecule has 1 fully saturated rings. The predicted octanol–water partition coefficient (Wildman–Crippen LogP) is 7.12. The quantitative estimate of drug-likeness (QED) is 0.361. The van der Waals surface area contributed by atoms with Crippen LogP contribution in [0.3, 0.4) is 0 Å². The molecule has 3 aromatic heterocycles. The number of rotatable bonds is 5. The highest BCUT2D eigenvalue weighted by atomic mass is 32.1. The fraction of sp³-hybridized carbons (Fsp3) is 0.391. The Hall–Kier alpha value is -2.38. The van der Waals surface area contributed by atoms with Gasteiger partial charge in [0.2, 0.25) is 5.13 Å². The van der Waals surface area contributed by atoms with E-state index in [-0.39, 0.29) is 0 Å². The number of hydrogen-bond acceptors (Lipinski definition) is 7. The van der Waals surface area contributed by atoms with Gasteiger partial charge in [0, 0.05) is 16.9 Å². The van der Waals surface area contributed by atoms with Crippen molar-refractivity contribution in [1.29, 1.82) is 0 Å². The molecule has 0 bridgehead atoms. The molecular formula is C23H25N5S2. The number of fused-ring (bicyclic) bond motifs is 1. The SMILES string of the molecule is CC(C)c1ccc(-c2csc3ncnc(Nc4nnc(C5CCCCC5)s4)c23)cc1. The van der Waals surface area contributed by atoms with Crippen molar-refractivity contribution in [3.63, 3.8) is 0 Å². The van der Waals surface area contributed by atoms with Gasteiger partial charge in [-0.3, -0.25) is 0 Å². The zero-order chi connectivity index (χ0) is 20.5. The standard InChI is InChI=1S/C23H25N5S2/c1-14(2)15-8-10-16(11-9-15)18-12-29-22-19(18)20(24-13-25-22)26-23-28-27-21(30-23)17-6-4-3-5-7-17/h8-14,17H,3-7H2,1-2H3,(H,24,25,26,28). The summed E-state index contributed by atoms with van der Waals surface area (Å²) in [6.45, 7) is 4.43. The van der Waals surface area contributed by atoms with Gasteiger partial charge in [-0.1, -0.05) is 68.7 Å². The molecule has 1 N–H and O–H groups in total. The molecule has 1 aliphatic carbocycles. The Morgan fingerprint density at radius 1 is 1.00 bits per heavy atom. The van der Waals surface area contributed by atoms with Crippen molar-refractivity contribution < 1.29 is 0 Å². The second-order valence-corrected chi connectivity index (χ2v) is 10.1. The minimum absolute atomic E-state index is 0.523. The Bertz CT molecular complexity index is 1140. The number of aromatic nitrogens is 4. The van der Waals surface area contributed by atoms with Gasteiger partial charge in [-0.05, 0) is 29.9 Å². The molecule has 5 rings (SSSR count). The largest absolute Gasteiger partial charge is 0.314 e. The Balaban J connectivity index is 1.46. The van der Waals surface area contributed by atoms with E-state index in [1.807, 2.05) is 0 Å². The van der Waals surface area contributed by atoms with Crippen LogP contribution in [0, 0.1) is 0 Å². The maximum atomic E-state index is 4.55. The summed E-state index contributed by atoms with van der Waals surface area (Å²) < 4.78 is 0. The van der Waals surface area contributed by atoms with Crippen LogP contribution in [0.5, 0.6) is 0 Å². The van der Waals surface area contributed by atoms with E-state index in [0.29, 0.717) is 11.8 Å². The maximum absolute atomic E-state index is 4.55. The van der Waals surface area contributed by atoms with E-state index in [4.69, 9.17) is 0 Å². The van der Waals surface area contributed by atoms with Crippen molar-refractivity contribution in [3.05, 3.63) is 46.5 Å². The highest BCUT2D eigenvalue weighted by Crippen LogP contribution is 2.39. The molecule has 154 valence electrons. The van der Waals surface area contributed by atoms with Crippen molar-refractivity contribution in [2.75, 3.05) is 5.32 Å². The van der Waals surface area contributed by atoms with Gasteiger partial charge in [0.15, 0.2) is 0 Å². The van der Waals surface area contributed by atoms with Gasteiger partial charge >= 0.3 is 0 Å². The molecule has 0 amide bonds. The van der Waals surface area contributed by atoms with Crippen molar-refractivity contribution in [2.45, 2.75) is 57.8 Å². The highest BCUT2D eigenvalue weighted by molar-refractivity contribution is 7.17. The maximum Gasteiger partial charge on any atom is 0.211 e. The molecule has 0 atom stereocenters. The Labute approximate surface area is 184 Å². The summed E-state index contributed by atoms with van der Waals surface area (Å²) >= 11 is 3.31. The molecule has 0 saturated heterocycles. The first kappa shape index (κ1) is 19.6. The van der Waals surface area contributed by atoms with E-state index < -0.39 is 0 Å². The second-order valence-electron chi connectivity index (χ2n) is 8.23. The lowest BCUT2D eigenvalue weighted by Gasteiger charge is -2.18.